The van der Waals surface area contributed by atoms with Gasteiger partial charge in [0.15, 0.2) is 0 Å². The number of hydrogen-bond donors (Lipinski definition) is 1. The van der Waals surface area contributed by atoms with Crippen LogP contribution in [0.25, 0.3) is 10.8 Å². The fourth-order valence-electron chi connectivity index (χ4n) is 3.42. The van der Waals surface area contributed by atoms with E-state index < -0.39 is 5.97 Å². The van der Waals surface area contributed by atoms with E-state index in [1.54, 1.807) is 42.5 Å². The molecule has 5 heteroatoms. The van der Waals surface area contributed by atoms with Gasteiger partial charge < -0.3 is 14.7 Å². The van der Waals surface area contributed by atoms with Gasteiger partial charge in [0.2, 0.25) is 0 Å². The summed E-state index contributed by atoms with van der Waals surface area (Å²) in [6.45, 7) is 10.6. The number of phenolic OH excluding ortho intramolecular Hbond substituents is 1. The average molecular weight is 452 g/mol. The Morgan fingerprint density at radius 3 is 2.38 bits per heavy atom. The van der Waals surface area contributed by atoms with E-state index in [-0.39, 0.29) is 11.3 Å². The predicted octanol–water partition coefficient (Wildman–Crippen LogP) is 6.01. The lowest BCUT2D eigenvalue weighted by Crippen LogP contribution is -2.25. The van der Waals surface area contributed by atoms with Gasteiger partial charge in [-0.3, -0.25) is 0 Å². The van der Waals surface area contributed by atoms with Crippen LogP contribution in [0.4, 0.5) is 5.69 Å². The SMILES string of the molecule is C=CCN(CC=C)c1c(C)c(C(=O)Oc2ccccc2)c(O)c2cc(Br)ccc12. The lowest BCUT2D eigenvalue weighted by molar-refractivity contribution is 0.0731. The second kappa shape index (κ2) is 8.97. The van der Waals surface area contributed by atoms with E-state index in [0.29, 0.717) is 29.8 Å². The number of carbonyl (C=O) groups is 1. The molecule has 0 atom stereocenters. The van der Waals surface area contributed by atoms with E-state index in [2.05, 4.69) is 34.0 Å². The van der Waals surface area contributed by atoms with Gasteiger partial charge in [-0.05, 0) is 36.8 Å². The first-order valence-corrected chi connectivity index (χ1v) is 9.96. The zero-order valence-electron chi connectivity index (χ0n) is 16.2. The van der Waals surface area contributed by atoms with Crippen LogP contribution < -0.4 is 9.64 Å². The van der Waals surface area contributed by atoms with Crippen molar-refractivity contribution in [1.82, 2.24) is 0 Å². The van der Waals surface area contributed by atoms with Crippen molar-refractivity contribution in [3.8, 4) is 11.5 Å². The van der Waals surface area contributed by atoms with Crippen LogP contribution in [0.1, 0.15) is 15.9 Å². The van der Waals surface area contributed by atoms with Gasteiger partial charge in [-0.2, -0.15) is 0 Å². The molecule has 0 heterocycles. The third-order valence-corrected chi connectivity index (χ3v) is 5.13. The van der Waals surface area contributed by atoms with E-state index in [9.17, 15) is 9.90 Å². The number of esters is 1. The highest BCUT2D eigenvalue weighted by molar-refractivity contribution is 9.10. The van der Waals surface area contributed by atoms with Crippen LogP contribution in [0.3, 0.4) is 0 Å². The molecule has 0 spiro atoms. The molecule has 0 amide bonds. The normalized spacial score (nSPS) is 10.6. The van der Waals surface area contributed by atoms with Crippen molar-refractivity contribution in [1.29, 1.82) is 0 Å². The summed E-state index contributed by atoms with van der Waals surface area (Å²) in [4.78, 5) is 15.1. The predicted molar refractivity (Wildman–Crippen MR) is 122 cm³/mol. The van der Waals surface area contributed by atoms with Crippen molar-refractivity contribution >= 4 is 38.4 Å². The molecule has 0 aliphatic heterocycles. The van der Waals surface area contributed by atoms with Crippen molar-refractivity contribution in [2.24, 2.45) is 0 Å². The van der Waals surface area contributed by atoms with Crippen molar-refractivity contribution in [2.75, 3.05) is 18.0 Å². The van der Waals surface area contributed by atoms with Crippen molar-refractivity contribution in [3.05, 3.63) is 89.4 Å². The summed E-state index contributed by atoms with van der Waals surface area (Å²) < 4.78 is 6.33. The Hall–Kier alpha value is -3.05. The van der Waals surface area contributed by atoms with Gasteiger partial charge in [-0.1, -0.05) is 52.3 Å². The summed E-state index contributed by atoms with van der Waals surface area (Å²) in [7, 11) is 0. The molecule has 29 heavy (non-hydrogen) atoms. The quantitative estimate of drug-likeness (QED) is 0.271. The highest BCUT2D eigenvalue weighted by Crippen LogP contribution is 2.41. The molecule has 3 rings (SSSR count). The Kier molecular flexibility index (Phi) is 6.39. The summed E-state index contributed by atoms with van der Waals surface area (Å²) in [5.41, 5.74) is 1.62. The van der Waals surface area contributed by atoms with E-state index in [0.717, 1.165) is 15.5 Å². The van der Waals surface area contributed by atoms with E-state index in [1.165, 1.54) is 0 Å². The third kappa shape index (κ3) is 4.20. The molecule has 4 nitrogen and oxygen atoms in total. The van der Waals surface area contributed by atoms with Crippen LogP contribution in [0.15, 0.2) is 78.3 Å². The molecule has 3 aromatic rings. The first kappa shape index (κ1) is 20.7. The summed E-state index contributed by atoms with van der Waals surface area (Å²) in [5, 5.41) is 12.4. The number of fused-ring (bicyclic) bond motifs is 1. The highest BCUT2D eigenvalue weighted by atomic mass is 79.9. The number of para-hydroxylation sites is 1. The van der Waals surface area contributed by atoms with Crippen LogP contribution in [0.5, 0.6) is 11.5 Å². The van der Waals surface area contributed by atoms with Crippen LogP contribution in [0, 0.1) is 6.92 Å². The number of carbonyl (C=O) groups excluding carboxylic acids is 1. The monoisotopic (exact) mass is 451 g/mol. The van der Waals surface area contributed by atoms with Gasteiger partial charge in [-0.25, -0.2) is 4.79 Å². The maximum Gasteiger partial charge on any atom is 0.347 e. The van der Waals surface area contributed by atoms with Crippen LogP contribution >= 0.6 is 15.9 Å². The zero-order valence-corrected chi connectivity index (χ0v) is 17.8. The Bertz CT molecular complexity index is 1070. The fraction of sp³-hybridized carbons (Fsp3) is 0.125. The summed E-state index contributed by atoms with van der Waals surface area (Å²) >= 11 is 3.45. The minimum Gasteiger partial charge on any atom is -0.506 e. The molecular formula is C24H22BrNO3. The molecule has 148 valence electrons. The van der Waals surface area contributed by atoms with Crippen molar-refractivity contribution in [3.63, 3.8) is 0 Å². The lowest BCUT2D eigenvalue weighted by atomic mass is 9.96. The molecule has 0 saturated heterocycles. The van der Waals surface area contributed by atoms with Gasteiger partial charge in [0.05, 0.1) is 0 Å². The Morgan fingerprint density at radius 1 is 1.10 bits per heavy atom. The Balaban J connectivity index is 2.25. The number of aromatic hydroxyl groups is 1. The molecule has 0 aliphatic rings. The largest absolute Gasteiger partial charge is 0.506 e. The van der Waals surface area contributed by atoms with Gasteiger partial charge >= 0.3 is 5.97 Å². The van der Waals surface area contributed by atoms with Crippen LogP contribution in [-0.2, 0) is 0 Å². The van der Waals surface area contributed by atoms with Gasteiger partial charge in [-0.15, -0.1) is 13.2 Å². The second-order valence-corrected chi connectivity index (χ2v) is 7.49. The topological polar surface area (TPSA) is 49.8 Å². The van der Waals surface area contributed by atoms with Gasteiger partial charge in [0.25, 0.3) is 0 Å². The number of ether oxygens (including phenoxy) is 1. The molecule has 0 fully saturated rings. The molecule has 0 saturated carbocycles. The maximum atomic E-state index is 13.0. The van der Waals surface area contributed by atoms with Gasteiger partial charge in [0.1, 0.15) is 17.1 Å². The third-order valence-electron chi connectivity index (χ3n) is 4.63. The van der Waals surface area contributed by atoms with E-state index in [1.807, 2.05) is 25.1 Å². The molecule has 0 unspecified atom stereocenters. The molecule has 3 aromatic carbocycles. The number of phenols is 1. The number of benzene rings is 3. The molecule has 0 bridgehead atoms. The highest BCUT2D eigenvalue weighted by Gasteiger charge is 2.25. The fourth-order valence-corrected chi connectivity index (χ4v) is 3.79. The van der Waals surface area contributed by atoms with Gasteiger partial charge in [0, 0.05) is 34.0 Å². The minimum absolute atomic E-state index is 0.0966. The molecule has 0 radical (unpaired) electrons. The molecule has 1 N–H and O–H groups in total. The summed E-state index contributed by atoms with van der Waals surface area (Å²) in [5.74, 6) is -0.284. The van der Waals surface area contributed by atoms with Crippen LogP contribution in [0.2, 0.25) is 0 Å². The van der Waals surface area contributed by atoms with Crippen molar-refractivity contribution < 1.29 is 14.6 Å². The smallest absolute Gasteiger partial charge is 0.347 e. The summed E-state index contributed by atoms with van der Waals surface area (Å²) in [6, 6.07) is 14.4. The number of rotatable bonds is 7. The molecule has 0 aromatic heterocycles. The first-order chi connectivity index (χ1) is 14.0. The standard InChI is InChI=1S/C24H22BrNO3/c1-4-13-26(14-5-2)22-16(3)21(24(28)29-18-9-7-6-8-10-18)23(27)20-15-17(25)11-12-19(20)22/h4-12,15,27H,1-2,13-14H2,3H3. The molecule has 0 aliphatic carbocycles. The first-order valence-electron chi connectivity index (χ1n) is 9.16. The van der Waals surface area contributed by atoms with Crippen LogP contribution in [-0.4, -0.2) is 24.2 Å². The lowest BCUT2D eigenvalue weighted by Gasteiger charge is -2.27. The number of halogens is 1. The van der Waals surface area contributed by atoms with E-state index >= 15 is 0 Å². The number of anilines is 1. The minimum atomic E-state index is -0.605. The Labute approximate surface area is 178 Å². The summed E-state index contributed by atoms with van der Waals surface area (Å²) in [6.07, 6.45) is 3.59. The molecular weight excluding hydrogens is 430 g/mol. The van der Waals surface area contributed by atoms with E-state index in [4.69, 9.17) is 4.74 Å². The second-order valence-electron chi connectivity index (χ2n) is 6.57. The maximum absolute atomic E-state index is 13.0. The zero-order chi connectivity index (χ0) is 21.0. The van der Waals surface area contributed by atoms with Crippen molar-refractivity contribution in [2.45, 2.75) is 6.92 Å². The number of hydrogen-bond acceptors (Lipinski definition) is 4. The Morgan fingerprint density at radius 2 is 1.76 bits per heavy atom. The average Bonchev–Trinajstić information content (AvgIpc) is 2.69. The number of nitrogens with zero attached hydrogens (tertiary/aromatic N) is 1.